The molecule has 1 aliphatic heterocycles. The summed E-state index contributed by atoms with van der Waals surface area (Å²) in [6, 6.07) is 14.6. The van der Waals surface area contributed by atoms with Crippen LogP contribution in [-0.4, -0.2) is 48.0 Å². The largest absolute Gasteiger partial charge is 0.496 e. The maximum Gasteiger partial charge on any atom is 0.307 e. The number of benzene rings is 2. The zero-order valence-corrected chi connectivity index (χ0v) is 19.5. The highest BCUT2D eigenvalue weighted by Gasteiger charge is 2.43. The number of methoxy groups -OCH3 is 1. The minimum Gasteiger partial charge on any atom is -0.496 e. The van der Waals surface area contributed by atoms with E-state index < -0.39 is 23.8 Å². The Balaban J connectivity index is 1.54. The van der Waals surface area contributed by atoms with Gasteiger partial charge in [-0.05, 0) is 48.4 Å². The van der Waals surface area contributed by atoms with Gasteiger partial charge in [0.15, 0.2) is 0 Å². The lowest BCUT2D eigenvalue weighted by atomic mass is 9.77. The molecular weight excluding hydrogens is 432 g/mol. The molecule has 180 valence electrons. The van der Waals surface area contributed by atoms with Gasteiger partial charge in [0.25, 0.3) is 0 Å². The highest BCUT2D eigenvalue weighted by molar-refractivity contribution is 5.92. The van der Waals surface area contributed by atoms with Crippen LogP contribution in [0.2, 0.25) is 0 Å². The van der Waals surface area contributed by atoms with Crippen LogP contribution in [0, 0.1) is 11.8 Å². The number of carbonyl (C=O) groups excluding carboxylic acids is 2. The Kier molecular flexibility index (Phi) is 7.50. The van der Waals surface area contributed by atoms with Crippen molar-refractivity contribution in [3.05, 3.63) is 65.2 Å². The van der Waals surface area contributed by atoms with Crippen LogP contribution >= 0.6 is 0 Å². The van der Waals surface area contributed by atoms with E-state index in [1.807, 2.05) is 48.5 Å². The van der Waals surface area contributed by atoms with E-state index in [9.17, 15) is 19.5 Å². The Morgan fingerprint density at radius 1 is 1.03 bits per heavy atom. The van der Waals surface area contributed by atoms with Gasteiger partial charge in [-0.1, -0.05) is 55.3 Å². The predicted octanol–water partition coefficient (Wildman–Crippen LogP) is 3.37. The molecule has 1 heterocycles. The number of aliphatic carboxylic acids is 1. The predicted molar refractivity (Wildman–Crippen MR) is 127 cm³/mol. The monoisotopic (exact) mass is 464 g/mol. The van der Waals surface area contributed by atoms with Gasteiger partial charge >= 0.3 is 5.97 Å². The van der Waals surface area contributed by atoms with E-state index >= 15 is 0 Å². The standard InChI is InChI=1S/C27H32N2O5/c1-34-23-13-7-3-9-19(23)14-16-28-25(30)24-20-10-4-2-8-18(20)15-17-29(24)26(31)21-11-5-6-12-22(21)27(32)33/h2-4,7-10,13,21-22,24H,5-6,11-12,14-17H2,1H3,(H,28,30)(H,32,33)/t21?,22?,24-/m0/s1. The molecule has 2 unspecified atom stereocenters. The minimum atomic E-state index is -0.923. The Hall–Kier alpha value is -3.35. The van der Waals surface area contributed by atoms with Crippen LogP contribution in [0.5, 0.6) is 5.75 Å². The average molecular weight is 465 g/mol. The van der Waals surface area contributed by atoms with E-state index in [1.54, 1.807) is 12.0 Å². The fourth-order valence-corrected chi connectivity index (χ4v) is 5.35. The number of carboxylic acid groups (broad SMARTS) is 1. The third-order valence-electron chi connectivity index (χ3n) is 7.10. The van der Waals surface area contributed by atoms with Crippen molar-refractivity contribution in [3.8, 4) is 5.75 Å². The molecule has 0 bridgehead atoms. The molecule has 0 spiro atoms. The minimum absolute atomic E-state index is 0.216. The van der Waals surface area contributed by atoms with Crippen molar-refractivity contribution >= 4 is 17.8 Å². The van der Waals surface area contributed by atoms with E-state index in [4.69, 9.17) is 4.74 Å². The van der Waals surface area contributed by atoms with E-state index in [0.717, 1.165) is 35.3 Å². The first kappa shape index (κ1) is 23.8. The lowest BCUT2D eigenvalue weighted by Gasteiger charge is -2.40. The van der Waals surface area contributed by atoms with Crippen molar-refractivity contribution < 1.29 is 24.2 Å². The van der Waals surface area contributed by atoms with Crippen LogP contribution in [0.25, 0.3) is 0 Å². The van der Waals surface area contributed by atoms with E-state index in [2.05, 4.69) is 5.32 Å². The van der Waals surface area contributed by atoms with Crippen LogP contribution in [-0.2, 0) is 27.2 Å². The molecular formula is C27H32N2O5. The van der Waals surface area contributed by atoms with Crippen LogP contribution in [0.15, 0.2) is 48.5 Å². The number of ether oxygens (including phenoxy) is 1. The third kappa shape index (κ3) is 4.93. The van der Waals surface area contributed by atoms with Crippen molar-refractivity contribution in [2.45, 2.75) is 44.6 Å². The summed E-state index contributed by atoms with van der Waals surface area (Å²) in [7, 11) is 1.62. The molecule has 34 heavy (non-hydrogen) atoms. The molecule has 2 amide bonds. The van der Waals surface area contributed by atoms with Gasteiger partial charge in [-0.15, -0.1) is 0 Å². The summed E-state index contributed by atoms with van der Waals surface area (Å²) in [6.45, 7) is 0.810. The number of nitrogens with zero attached hydrogens (tertiary/aromatic N) is 1. The van der Waals surface area contributed by atoms with E-state index in [0.29, 0.717) is 38.8 Å². The number of carbonyl (C=O) groups is 3. The SMILES string of the molecule is COc1ccccc1CCNC(=O)[C@@H]1c2ccccc2CCN1C(=O)C1CCCCC1C(=O)O. The summed E-state index contributed by atoms with van der Waals surface area (Å²) >= 11 is 0. The number of fused-ring (bicyclic) bond motifs is 1. The van der Waals surface area contributed by atoms with Crippen molar-refractivity contribution in [1.82, 2.24) is 10.2 Å². The first-order valence-electron chi connectivity index (χ1n) is 12.0. The molecule has 3 atom stereocenters. The Bertz CT molecular complexity index is 1050. The van der Waals surface area contributed by atoms with E-state index in [-0.39, 0.29) is 11.8 Å². The normalized spacial score (nSPS) is 21.9. The van der Waals surface area contributed by atoms with Gasteiger partial charge in [0.1, 0.15) is 11.8 Å². The fraction of sp³-hybridized carbons (Fsp3) is 0.444. The van der Waals surface area contributed by atoms with Gasteiger partial charge in [0.2, 0.25) is 11.8 Å². The number of nitrogens with one attached hydrogen (secondary N) is 1. The number of amides is 2. The average Bonchev–Trinajstić information content (AvgIpc) is 2.87. The number of carboxylic acids is 1. The van der Waals surface area contributed by atoms with Crippen molar-refractivity contribution in [1.29, 1.82) is 0 Å². The van der Waals surface area contributed by atoms with Gasteiger partial charge in [-0.2, -0.15) is 0 Å². The molecule has 2 N–H and O–H groups in total. The first-order valence-corrected chi connectivity index (χ1v) is 12.0. The van der Waals surface area contributed by atoms with Gasteiger partial charge in [-0.25, -0.2) is 0 Å². The molecule has 7 heteroatoms. The number of hydrogen-bond donors (Lipinski definition) is 2. The van der Waals surface area contributed by atoms with E-state index in [1.165, 1.54) is 0 Å². The second-order valence-corrected chi connectivity index (χ2v) is 9.07. The van der Waals surface area contributed by atoms with Crippen LogP contribution < -0.4 is 10.1 Å². The number of rotatable bonds is 7. The molecule has 7 nitrogen and oxygen atoms in total. The Morgan fingerprint density at radius 2 is 1.74 bits per heavy atom. The number of para-hydroxylation sites is 1. The highest BCUT2D eigenvalue weighted by Crippen LogP contribution is 2.36. The number of hydrogen-bond acceptors (Lipinski definition) is 4. The lowest BCUT2D eigenvalue weighted by molar-refractivity contribution is -0.155. The van der Waals surface area contributed by atoms with Gasteiger partial charge < -0.3 is 20.1 Å². The fourth-order valence-electron chi connectivity index (χ4n) is 5.35. The van der Waals surface area contributed by atoms with Crippen molar-refractivity contribution in [3.63, 3.8) is 0 Å². The van der Waals surface area contributed by atoms with Crippen LogP contribution in [0.4, 0.5) is 0 Å². The molecule has 0 aromatic heterocycles. The first-order chi connectivity index (χ1) is 16.5. The summed E-state index contributed by atoms with van der Waals surface area (Å²) in [5.74, 6) is -1.88. The zero-order chi connectivity index (χ0) is 24.1. The lowest BCUT2D eigenvalue weighted by Crippen LogP contribution is -2.51. The van der Waals surface area contributed by atoms with Crippen LogP contribution in [0.1, 0.15) is 48.4 Å². The molecule has 0 radical (unpaired) electrons. The molecule has 1 fully saturated rings. The second kappa shape index (κ2) is 10.7. The summed E-state index contributed by atoms with van der Waals surface area (Å²) < 4.78 is 5.40. The molecule has 2 aliphatic rings. The maximum atomic E-state index is 13.6. The van der Waals surface area contributed by atoms with Gasteiger partial charge in [-0.3, -0.25) is 14.4 Å². The Morgan fingerprint density at radius 3 is 2.50 bits per heavy atom. The summed E-state index contributed by atoms with van der Waals surface area (Å²) in [5, 5.41) is 12.7. The van der Waals surface area contributed by atoms with Gasteiger partial charge in [0, 0.05) is 13.1 Å². The van der Waals surface area contributed by atoms with Crippen molar-refractivity contribution in [2.75, 3.05) is 20.2 Å². The van der Waals surface area contributed by atoms with Crippen molar-refractivity contribution in [2.24, 2.45) is 11.8 Å². The summed E-state index contributed by atoms with van der Waals surface area (Å²) in [6.07, 6.45) is 3.96. The van der Waals surface area contributed by atoms with Gasteiger partial charge in [0.05, 0.1) is 18.9 Å². The third-order valence-corrected chi connectivity index (χ3v) is 7.10. The Labute approximate surface area is 200 Å². The molecule has 0 saturated heterocycles. The topological polar surface area (TPSA) is 95.9 Å². The molecule has 2 aromatic rings. The molecule has 2 aromatic carbocycles. The molecule has 4 rings (SSSR count). The maximum absolute atomic E-state index is 13.6. The smallest absolute Gasteiger partial charge is 0.307 e. The van der Waals surface area contributed by atoms with Crippen LogP contribution in [0.3, 0.4) is 0 Å². The highest BCUT2D eigenvalue weighted by atomic mass is 16.5. The summed E-state index contributed by atoms with van der Waals surface area (Å²) in [5.41, 5.74) is 2.86. The zero-order valence-electron chi connectivity index (χ0n) is 19.5. The summed E-state index contributed by atoms with van der Waals surface area (Å²) in [4.78, 5) is 40.6. The second-order valence-electron chi connectivity index (χ2n) is 9.07. The quantitative estimate of drug-likeness (QED) is 0.655. The molecule has 1 saturated carbocycles. The molecule has 1 aliphatic carbocycles.